The first-order valence-electron chi connectivity index (χ1n) is 9.74. The molecule has 1 aromatic heterocycles. The fourth-order valence-electron chi connectivity index (χ4n) is 3.93. The number of ketones is 1. The van der Waals surface area contributed by atoms with Crippen molar-refractivity contribution < 1.29 is 24.2 Å². The number of hydrogen-bond acceptors (Lipinski definition) is 6. The first-order valence-corrected chi connectivity index (χ1v) is 9.74. The predicted molar refractivity (Wildman–Crippen MR) is 113 cm³/mol. The number of aliphatic hydroxyl groups is 1. The summed E-state index contributed by atoms with van der Waals surface area (Å²) >= 11 is 0. The molecular formula is C24H18N2O5. The lowest BCUT2D eigenvalue weighted by molar-refractivity contribution is -0.132. The molecule has 1 fully saturated rings. The number of fused-ring (bicyclic) bond motifs is 1. The van der Waals surface area contributed by atoms with E-state index in [9.17, 15) is 14.7 Å². The number of para-hydroxylation sites is 1. The number of amides is 1. The Labute approximate surface area is 178 Å². The van der Waals surface area contributed by atoms with Gasteiger partial charge in [0.2, 0.25) is 6.79 Å². The molecule has 0 radical (unpaired) electrons. The molecule has 1 amide bonds. The van der Waals surface area contributed by atoms with Crippen LogP contribution in [0.2, 0.25) is 0 Å². The number of rotatable bonds is 3. The minimum Gasteiger partial charge on any atom is -0.507 e. The first kappa shape index (κ1) is 18.9. The number of carbonyl (C=O) groups is 2. The normalized spacial score (nSPS) is 19.1. The average molecular weight is 414 g/mol. The standard InChI is InChI=1S/C24H18N2O5/c1-14-6-2-3-8-17(14)26-21(16-7-4-5-11-25-16)20(23(28)24(26)29)22(27)15-9-10-18-19(12-15)31-13-30-18/h2-12,21,27H,13H2,1H3/b22-20-. The molecule has 0 saturated carbocycles. The zero-order chi connectivity index (χ0) is 21.5. The molecule has 2 aromatic carbocycles. The average Bonchev–Trinajstić information content (AvgIpc) is 3.36. The van der Waals surface area contributed by atoms with Crippen molar-refractivity contribution in [3.63, 3.8) is 0 Å². The second kappa shape index (κ2) is 7.28. The Kier molecular flexibility index (Phi) is 4.43. The van der Waals surface area contributed by atoms with Gasteiger partial charge in [-0.15, -0.1) is 0 Å². The van der Waals surface area contributed by atoms with Crippen LogP contribution in [0, 0.1) is 6.92 Å². The van der Waals surface area contributed by atoms with E-state index in [2.05, 4.69) is 4.98 Å². The van der Waals surface area contributed by atoms with Crippen molar-refractivity contribution in [1.82, 2.24) is 4.98 Å². The van der Waals surface area contributed by atoms with Gasteiger partial charge < -0.3 is 14.6 Å². The van der Waals surface area contributed by atoms with Crippen LogP contribution in [-0.4, -0.2) is 28.6 Å². The maximum absolute atomic E-state index is 13.1. The minimum atomic E-state index is -0.868. The summed E-state index contributed by atoms with van der Waals surface area (Å²) in [6.45, 7) is 1.95. The summed E-state index contributed by atoms with van der Waals surface area (Å²) in [5.74, 6) is -0.755. The van der Waals surface area contributed by atoms with E-state index in [1.54, 1.807) is 54.7 Å². The Bertz CT molecular complexity index is 1240. The van der Waals surface area contributed by atoms with Crippen LogP contribution in [0.5, 0.6) is 11.5 Å². The quantitative estimate of drug-likeness (QED) is 0.399. The summed E-state index contributed by atoms with van der Waals surface area (Å²) in [5.41, 5.74) is 2.23. The van der Waals surface area contributed by atoms with Gasteiger partial charge in [-0.05, 0) is 48.9 Å². The van der Waals surface area contributed by atoms with Crippen molar-refractivity contribution in [2.45, 2.75) is 13.0 Å². The summed E-state index contributed by atoms with van der Waals surface area (Å²) in [6, 6.07) is 16.6. The molecule has 3 aromatic rings. The lowest BCUT2D eigenvalue weighted by Crippen LogP contribution is -2.30. The molecule has 5 rings (SSSR count). The highest BCUT2D eigenvalue weighted by molar-refractivity contribution is 6.51. The number of aliphatic hydroxyl groups excluding tert-OH is 1. The molecule has 7 heteroatoms. The van der Waals surface area contributed by atoms with Crippen LogP contribution in [0.25, 0.3) is 5.76 Å². The van der Waals surface area contributed by atoms with Crippen LogP contribution < -0.4 is 14.4 Å². The van der Waals surface area contributed by atoms with Crippen LogP contribution in [0.3, 0.4) is 0 Å². The molecule has 2 aliphatic rings. The Morgan fingerprint density at radius 2 is 1.81 bits per heavy atom. The van der Waals surface area contributed by atoms with Crippen LogP contribution in [0.15, 0.2) is 72.4 Å². The van der Waals surface area contributed by atoms with Gasteiger partial charge in [0.1, 0.15) is 11.8 Å². The monoisotopic (exact) mass is 414 g/mol. The maximum Gasteiger partial charge on any atom is 0.300 e. The Hall–Kier alpha value is -4.13. The molecule has 31 heavy (non-hydrogen) atoms. The maximum atomic E-state index is 13.1. The summed E-state index contributed by atoms with van der Waals surface area (Å²) in [7, 11) is 0. The van der Waals surface area contributed by atoms with Crippen LogP contribution in [0.1, 0.15) is 22.9 Å². The van der Waals surface area contributed by atoms with E-state index in [4.69, 9.17) is 9.47 Å². The third kappa shape index (κ3) is 3.02. The number of carbonyl (C=O) groups excluding carboxylic acids is 2. The first-order chi connectivity index (χ1) is 15.1. The van der Waals surface area contributed by atoms with Gasteiger partial charge in [-0.1, -0.05) is 24.3 Å². The van der Waals surface area contributed by atoms with Crippen molar-refractivity contribution in [3.05, 3.63) is 89.3 Å². The zero-order valence-electron chi connectivity index (χ0n) is 16.6. The van der Waals surface area contributed by atoms with Gasteiger partial charge in [-0.25, -0.2) is 0 Å². The molecule has 154 valence electrons. The van der Waals surface area contributed by atoms with Crippen molar-refractivity contribution in [2.75, 3.05) is 11.7 Å². The largest absolute Gasteiger partial charge is 0.507 e. The number of nitrogens with zero attached hydrogens (tertiary/aromatic N) is 2. The number of aromatic nitrogens is 1. The lowest BCUT2D eigenvalue weighted by Gasteiger charge is -2.26. The molecule has 7 nitrogen and oxygen atoms in total. The summed E-state index contributed by atoms with van der Waals surface area (Å²) in [5, 5.41) is 11.2. The van der Waals surface area contributed by atoms with Gasteiger partial charge in [-0.3, -0.25) is 19.5 Å². The van der Waals surface area contributed by atoms with E-state index in [0.29, 0.717) is 28.4 Å². The molecule has 1 saturated heterocycles. The summed E-state index contributed by atoms with van der Waals surface area (Å²) < 4.78 is 10.7. The SMILES string of the molecule is Cc1ccccc1N1C(=O)C(=O)/C(=C(\O)c2ccc3c(c2)OCO3)C1c1ccccn1. The van der Waals surface area contributed by atoms with Crippen molar-refractivity contribution in [3.8, 4) is 11.5 Å². The van der Waals surface area contributed by atoms with E-state index in [1.807, 2.05) is 19.1 Å². The zero-order valence-corrected chi connectivity index (χ0v) is 16.6. The van der Waals surface area contributed by atoms with E-state index < -0.39 is 17.7 Å². The minimum absolute atomic E-state index is 0.0224. The van der Waals surface area contributed by atoms with E-state index >= 15 is 0 Å². The number of Topliss-reactive ketones (excluding diaryl/α,β-unsaturated/α-hetero) is 1. The van der Waals surface area contributed by atoms with Crippen LogP contribution >= 0.6 is 0 Å². The summed E-state index contributed by atoms with van der Waals surface area (Å²) in [4.78, 5) is 32.1. The molecule has 1 unspecified atom stereocenters. The number of ether oxygens (including phenoxy) is 2. The lowest BCUT2D eigenvalue weighted by atomic mass is 9.97. The van der Waals surface area contributed by atoms with Crippen LogP contribution in [0.4, 0.5) is 5.69 Å². The Morgan fingerprint density at radius 3 is 2.58 bits per heavy atom. The molecule has 1 N–H and O–H groups in total. The third-order valence-corrected chi connectivity index (χ3v) is 5.43. The van der Waals surface area contributed by atoms with Gasteiger partial charge >= 0.3 is 0 Å². The van der Waals surface area contributed by atoms with Gasteiger partial charge in [0.25, 0.3) is 11.7 Å². The fraction of sp³-hybridized carbons (Fsp3) is 0.125. The number of anilines is 1. The van der Waals surface area contributed by atoms with Crippen molar-refractivity contribution in [1.29, 1.82) is 0 Å². The highest BCUT2D eigenvalue weighted by Crippen LogP contribution is 2.43. The third-order valence-electron chi connectivity index (χ3n) is 5.43. The topological polar surface area (TPSA) is 89.0 Å². The molecule has 3 heterocycles. The van der Waals surface area contributed by atoms with E-state index in [0.717, 1.165) is 5.56 Å². The molecule has 0 aliphatic carbocycles. The highest BCUT2D eigenvalue weighted by atomic mass is 16.7. The number of benzene rings is 2. The molecule has 0 bridgehead atoms. The summed E-state index contributed by atoms with van der Waals surface area (Å²) in [6.07, 6.45) is 1.59. The smallest absolute Gasteiger partial charge is 0.300 e. The predicted octanol–water partition coefficient (Wildman–Crippen LogP) is 3.75. The number of aryl methyl sites for hydroxylation is 1. The van der Waals surface area contributed by atoms with Gasteiger partial charge in [-0.2, -0.15) is 0 Å². The van der Waals surface area contributed by atoms with Crippen LogP contribution in [-0.2, 0) is 9.59 Å². The molecule has 2 aliphatic heterocycles. The second-order valence-electron chi connectivity index (χ2n) is 7.28. The number of pyridine rings is 1. The van der Waals surface area contributed by atoms with Gasteiger partial charge in [0.05, 0.1) is 11.3 Å². The van der Waals surface area contributed by atoms with Crippen molar-refractivity contribution in [2.24, 2.45) is 0 Å². The Balaban J connectivity index is 1.72. The molecular weight excluding hydrogens is 396 g/mol. The number of hydrogen-bond donors (Lipinski definition) is 1. The second-order valence-corrected chi connectivity index (χ2v) is 7.28. The Morgan fingerprint density at radius 1 is 1.03 bits per heavy atom. The van der Waals surface area contributed by atoms with Gasteiger partial charge in [0, 0.05) is 17.4 Å². The van der Waals surface area contributed by atoms with Gasteiger partial charge in [0.15, 0.2) is 11.5 Å². The fourth-order valence-corrected chi connectivity index (χ4v) is 3.93. The van der Waals surface area contributed by atoms with E-state index in [-0.39, 0.29) is 18.1 Å². The van der Waals surface area contributed by atoms with Crippen molar-refractivity contribution >= 4 is 23.1 Å². The highest BCUT2D eigenvalue weighted by Gasteiger charge is 2.48. The van der Waals surface area contributed by atoms with E-state index in [1.165, 1.54) is 4.90 Å². The molecule has 0 spiro atoms. The molecule has 1 atom stereocenters.